The van der Waals surface area contributed by atoms with Crippen LogP contribution in [0.3, 0.4) is 0 Å². The number of carbonyl (C=O) groups is 1. The zero-order valence-corrected chi connectivity index (χ0v) is 12.4. The second-order valence-corrected chi connectivity index (χ2v) is 5.45. The fourth-order valence-electron chi connectivity index (χ4n) is 2.53. The van der Waals surface area contributed by atoms with Gasteiger partial charge in [-0.15, -0.1) is 0 Å². The van der Waals surface area contributed by atoms with Crippen LogP contribution in [0.2, 0.25) is 0 Å². The predicted octanol–water partition coefficient (Wildman–Crippen LogP) is 1.52. The molecule has 1 aliphatic heterocycles. The molecule has 4 nitrogen and oxygen atoms in total. The number of nitrogens with one attached hydrogen (secondary N) is 2. The van der Waals surface area contributed by atoms with Crippen molar-refractivity contribution in [1.82, 2.24) is 15.5 Å². The van der Waals surface area contributed by atoms with Crippen molar-refractivity contribution in [1.29, 1.82) is 0 Å². The minimum absolute atomic E-state index is 0.0978. The van der Waals surface area contributed by atoms with Crippen LogP contribution in [0, 0.1) is 5.82 Å². The number of halogens is 1. The van der Waals surface area contributed by atoms with Crippen LogP contribution in [0.1, 0.15) is 24.8 Å². The number of benzene rings is 1. The summed E-state index contributed by atoms with van der Waals surface area (Å²) >= 11 is 0. The van der Waals surface area contributed by atoms with Crippen LogP contribution in [0.4, 0.5) is 4.39 Å². The quantitative estimate of drug-likeness (QED) is 0.714. The number of hydrogen-bond acceptors (Lipinski definition) is 3. The Morgan fingerprint density at radius 2 is 2.00 bits per heavy atom. The molecule has 0 aliphatic carbocycles. The third kappa shape index (κ3) is 5.81. The summed E-state index contributed by atoms with van der Waals surface area (Å²) in [5.41, 5.74) is 0.514. The molecule has 1 aromatic carbocycles. The van der Waals surface area contributed by atoms with Gasteiger partial charge in [0.1, 0.15) is 5.82 Å². The number of likely N-dealkylation sites (tertiary alicyclic amines) is 1. The zero-order chi connectivity index (χ0) is 14.9. The highest BCUT2D eigenvalue weighted by atomic mass is 19.1. The maximum absolute atomic E-state index is 13.4. The normalized spacial score (nSPS) is 15.3. The second-order valence-electron chi connectivity index (χ2n) is 5.45. The van der Waals surface area contributed by atoms with E-state index in [0.717, 1.165) is 19.5 Å². The van der Waals surface area contributed by atoms with Crippen molar-refractivity contribution >= 4 is 5.91 Å². The Morgan fingerprint density at radius 3 is 2.76 bits per heavy atom. The lowest BCUT2D eigenvalue weighted by atomic mass is 10.2. The second kappa shape index (κ2) is 8.74. The van der Waals surface area contributed by atoms with Crippen LogP contribution in [-0.4, -0.2) is 43.5 Å². The smallest absolute Gasteiger partial charge is 0.234 e. The largest absolute Gasteiger partial charge is 0.351 e. The van der Waals surface area contributed by atoms with Crippen LogP contribution in [0.15, 0.2) is 24.3 Å². The lowest BCUT2D eigenvalue weighted by Crippen LogP contribution is -2.35. The highest BCUT2D eigenvalue weighted by Crippen LogP contribution is 2.07. The molecule has 1 aromatic rings. The minimum Gasteiger partial charge on any atom is -0.351 e. The molecular formula is C16H24FN3O. The number of hydrogen-bond donors (Lipinski definition) is 2. The zero-order valence-electron chi connectivity index (χ0n) is 12.4. The lowest BCUT2D eigenvalue weighted by molar-refractivity contribution is -0.120. The van der Waals surface area contributed by atoms with Crippen LogP contribution >= 0.6 is 0 Å². The lowest BCUT2D eigenvalue weighted by Gasteiger charge is -2.14. The van der Waals surface area contributed by atoms with Gasteiger partial charge in [-0.2, -0.15) is 0 Å². The first kappa shape index (κ1) is 15.9. The van der Waals surface area contributed by atoms with Gasteiger partial charge in [-0.25, -0.2) is 4.39 Å². The van der Waals surface area contributed by atoms with Gasteiger partial charge in [-0.3, -0.25) is 4.79 Å². The highest BCUT2D eigenvalue weighted by molar-refractivity contribution is 5.77. The average molecular weight is 293 g/mol. The van der Waals surface area contributed by atoms with E-state index in [2.05, 4.69) is 15.5 Å². The molecule has 0 atom stereocenters. The van der Waals surface area contributed by atoms with E-state index < -0.39 is 0 Å². The van der Waals surface area contributed by atoms with Crippen molar-refractivity contribution in [3.63, 3.8) is 0 Å². The average Bonchev–Trinajstić information content (AvgIpc) is 2.99. The molecule has 116 valence electrons. The maximum atomic E-state index is 13.4. The van der Waals surface area contributed by atoms with Gasteiger partial charge in [0.15, 0.2) is 0 Å². The molecule has 1 heterocycles. The van der Waals surface area contributed by atoms with Crippen LogP contribution < -0.4 is 10.6 Å². The fraction of sp³-hybridized carbons (Fsp3) is 0.562. The summed E-state index contributed by atoms with van der Waals surface area (Å²) in [5.74, 6) is -0.379. The van der Waals surface area contributed by atoms with E-state index >= 15 is 0 Å². The third-order valence-electron chi connectivity index (χ3n) is 3.75. The first-order chi connectivity index (χ1) is 10.3. The molecule has 1 saturated heterocycles. The molecule has 0 spiro atoms. The van der Waals surface area contributed by atoms with E-state index in [1.165, 1.54) is 32.0 Å². The summed E-state index contributed by atoms with van der Waals surface area (Å²) in [6.07, 6.45) is 3.68. The van der Waals surface area contributed by atoms with Crippen LogP contribution in [-0.2, 0) is 11.3 Å². The maximum Gasteiger partial charge on any atom is 0.234 e. The Bertz CT molecular complexity index is 447. The molecule has 0 unspecified atom stereocenters. The Kier molecular flexibility index (Phi) is 6.63. The third-order valence-corrected chi connectivity index (χ3v) is 3.75. The SMILES string of the molecule is O=C(CNCCCN1CCCC1)NCc1ccccc1F. The molecule has 5 heteroatoms. The van der Waals surface area contributed by atoms with Gasteiger partial charge in [0.05, 0.1) is 6.54 Å². The number of rotatable bonds is 8. The van der Waals surface area contributed by atoms with Crippen molar-refractivity contribution in [2.45, 2.75) is 25.8 Å². The molecule has 0 aromatic heterocycles. The number of carbonyl (C=O) groups excluding carboxylic acids is 1. The summed E-state index contributed by atoms with van der Waals surface area (Å²) in [7, 11) is 0. The van der Waals surface area contributed by atoms with Gasteiger partial charge >= 0.3 is 0 Å². The van der Waals surface area contributed by atoms with Gasteiger partial charge in [-0.05, 0) is 51.5 Å². The van der Waals surface area contributed by atoms with Crippen molar-refractivity contribution in [2.24, 2.45) is 0 Å². The molecule has 21 heavy (non-hydrogen) atoms. The summed E-state index contributed by atoms with van der Waals surface area (Å²) in [5, 5.41) is 5.85. The molecule has 1 aliphatic rings. The van der Waals surface area contributed by atoms with Crippen molar-refractivity contribution < 1.29 is 9.18 Å². The molecule has 1 fully saturated rings. The van der Waals surface area contributed by atoms with Gasteiger partial charge in [0, 0.05) is 12.1 Å². The summed E-state index contributed by atoms with van der Waals surface area (Å²) in [4.78, 5) is 14.1. The van der Waals surface area contributed by atoms with Gasteiger partial charge in [0.25, 0.3) is 0 Å². The number of amides is 1. The van der Waals surface area contributed by atoms with Crippen LogP contribution in [0.25, 0.3) is 0 Å². The summed E-state index contributed by atoms with van der Waals surface area (Å²) < 4.78 is 13.4. The molecule has 2 rings (SSSR count). The highest BCUT2D eigenvalue weighted by Gasteiger charge is 2.10. The molecule has 0 bridgehead atoms. The topological polar surface area (TPSA) is 44.4 Å². The van der Waals surface area contributed by atoms with Crippen molar-refractivity contribution in [3.05, 3.63) is 35.6 Å². The molecule has 1 amide bonds. The first-order valence-electron chi connectivity index (χ1n) is 7.69. The summed E-state index contributed by atoms with van der Waals surface area (Å²) in [6.45, 7) is 4.88. The van der Waals surface area contributed by atoms with Crippen LogP contribution in [0.5, 0.6) is 0 Å². The van der Waals surface area contributed by atoms with E-state index in [4.69, 9.17) is 0 Å². The Morgan fingerprint density at radius 1 is 1.24 bits per heavy atom. The van der Waals surface area contributed by atoms with Crippen molar-refractivity contribution in [3.8, 4) is 0 Å². The Hall–Kier alpha value is -1.46. The summed E-state index contributed by atoms with van der Waals surface area (Å²) in [6, 6.07) is 6.49. The van der Waals surface area contributed by atoms with E-state index in [9.17, 15) is 9.18 Å². The molecular weight excluding hydrogens is 269 g/mol. The van der Waals surface area contributed by atoms with E-state index in [0.29, 0.717) is 5.56 Å². The molecule has 2 N–H and O–H groups in total. The monoisotopic (exact) mass is 293 g/mol. The molecule has 0 radical (unpaired) electrons. The fourth-order valence-corrected chi connectivity index (χ4v) is 2.53. The standard InChI is InChI=1S/C16H24FN3O/c17-15-7-2-1-6-14(15)12-19-16(21)13-18-8-5-11-20-9-3-4-10-20/h1-2,6-7,18H,3-5,8-13H2,(H,19,21). The van der Waals surface area contributed by atoms with Gasteiger partial charge < -0.3 is 15.5 Å². The van der Waals surface area contributed by atoms with Gasteiger partial charge in [0.2, 0.25) is 5.91 Å². The predicted molar refractivity (Wildman–Crippen MR) is 81.4 cm³/mol. The molecule has 0 saturated carbocycles. The van der Waals surface area contributed by atoms with E-state index in [-0.39, 0.29) is 24.8 Å². The Balaban J connectivity index is 1.52. The number of nitrogens with zero attached hydrogens (tertiary/aromatic N) is 1. The van der Waals surface area contributed by atoms with Crippen molar-refractivity contribution in [2.75, 3.05) is 32.7 Å². The minimum atomic E-state index is -0.281. The van der Waals surface area contributed by atoms with E-state index in [1.54, 1.807) is 18.2 Å². The van der Waals surface area contributed by atoms with E-state index in [1.807, 2.05) is 0 Å². The van der Waals surface area contributed by atoms with Gasteiger partial charge in [-0.1, -0.05) is 18.2 Å². The first-order valence-corrected chi connectivity index (χ1v) is 7.69. The Labute approximate surface area is 125 Å².